The van der Waals surface area contributed by atoms with Gasteiger partial charge in [0.05, 0.1) is 19.6 Å². The van der Waals surface area contributed by atoms with Gasteiger partial charge in [0.2, 0.25) is 0 Å². The van der Waals surface area contributed by atoms with E-state index < -0.39 is 7.81 Å². The fraction of sp³-hybridized carbons (Fsp3) is 1.00. The van der Waals surface area contributed by atoms with Gasteiger partial charge < -0.3 is 4.90 Å². The summed E-state index contributed by atoms with van der Waals surface area (Å²) >= 11 is 0. The van der Waals surface area contributed by atoms with Gasteiger partial charge >= 0.3 is 33.0 Å². The van der Waals surface area contributed by atoms with Gasteiger partial charge in [-0.3, -0.25) is 0 Å². The summed E-state index contributed by atoms with van der Waals surface area (Å²) in [6.45, 7) is 18.6. The predicted octanol–water partition coefficient (Wildman–Crippen LogP) is 9.90. The van der Waals surface area contributed by atoms with Gasteiger partial charge in [-0.25, -0.2) is 0 Å². The Balaban J connectivity index is 0. The maximum absolute atomic E-state index is 10.7. The molecular formula is C24H52F6NP. The second kappa shape index (κ2) is 15.8. The molecule has 8 heteroatoms. The first kappa shape index (κ1) is 34.1. The van der Waals surface area contributed by atoms with E-state index in [9.17, 15) is 25.2 Å². The van der Waals surface area contributed by atoms with Crippen LogP contribution < -0.4 is 4.90 Å². The molecule has 0 radical (unpaired) electrons. The molecule has 3 unspecified atom stereocenters. The molecule has 0 aromatic rings. The van der Waals surface area contributed by atoms with E-state index in [2.05, 4.69) is 41.5 Å². The topological polar surface area (TPSA) is 4.44 Å². The standard InChI is InChI=1S/C24H51N.F6P/c1-7-13-16-22(10-4)19-25(20-23(11-5)17-14-8-2)21-24(12-6)18-15-9-3;1-7(2,3,4,5)6/h22-24H,7-21H2,1-6H3;/q;-1/p+1. The summed E-state index contributed by atoms with van der Waals surface area (Å²) in [6, 6.07) is 0. The van der Waals surface area contributed by atoms with Crippen molar-refractivity contribution < 1.29 is 30.1 Å². The molecule has 200 valence electrons. The van der Waals surface area contributed by atoms with Crippen LogP contribution in [0.2, 0.25) is 0 Å². The van der Waals surface area contributed by atoms with Gasteiger partial charge in [0.1, 0.15) is 0 Å². The molecule has 0 aliphatic rings. The van der Waals surface area contributed by atoms with E-state index in [4.69, 9.17) is 0 Å². The van der Waals surface area contributed by atoms with Gasteiger partial charge in [-0.05, 0) is 38.5 Å². The van der Waals surface area contributed by atoms with Crippen LogP contribution in [0.1, 0.15) is 119 Å². The number of nitrogens with one attached hydrogen (secondary N) is 1. The van der Waals surface area contributed by atoms with Gasteiger partial charge in [0, 0.05) is 17.8 Å². The molecule has 32 heavy (non-hydrogen) atoms. The van der Waals surface area contributed by atoms with Crippen LogP contribution in [0.15, 0.2) is 0 Å². The van der Waals surface area contributed by atoms with Crippen LogP contribution in [0.3, 0.4) is 0 Å². The molecule has 3 atom stereocenters. The summed E-state index contributed by atoms with van der Waals surface area (Å²) in [6.07, 6.45) is 16.8. The van der Waals surface area contributed by atoms with Crippen molar-refractivity contribution in [2.24, 2.45) is 17.8 Å². The van der Waals surface area contributed by atoms with Gasteiger partial charge in [0.15, 0.2) is 0 Å². The zero-order chi connectivity index (χ0) is 25.3. The summed E-state index contributed by atoms with van der Waals surface area (Å²) in [5.41, 5.74) is 0. The molecule has 0 rings (SSSR count). The van der Waals surface area contributed by atoms with Crippen molar-refractivity contribution in [3.8, 4) is 0 Å². The molecule has 0 heterocycles. The van der Waals surface area contributed by atoms with Crippen LogP contribution in [0.4, 0.5) is 25.2 Å². The van der Waals surface area contributed by atoms with Crippen molar-refractivity contribution in [3.63, 3.8) is 0 Å². The summed E-state index contributed by atoms with van der Waals surface area (Å²) in [5.74, 6) is 2.84. The molecule has 0 bridgehead atoms. The molecular weight excluding hydrogens is 447 g/mol. The van der Waals surface area contributed by atoms with Crippen molar-refractivity contribution in [2.45, 2.75) is 119 Å². The Morgan fingerprint density at radius 3 is 0.875 bits per heavy atom. The third-order valence-corrected chi connectivity index (χ3v) is 6.36. The minimum atomic E-state index is -10.7. The fourth-order valence-electron chi connectivity index (χ4n) is 4.30. The predicted molar refractivity (Wildman–Crippen MR) is 129 cm³/mol. The first-order valence-electron chi connectivity index (χ1n) is 13.0. The van der Waals surface area contributed by atoms with Crippen molar-refractivity contribution in [2.75, 3.05) is 19.6 Å². The minimum absolute atomic E-state index is 0.947. The van der Waals surface area contributed by atoms with E-state index in [-0.39, 0.29) is 0 Å². The third kappa shape index (κ3) is 28.0. The molecule has 0 saturated carbocycles. The van der Waals surface area contributed by atoms with Crippen LogP contribution in [-0.2, 0) is 0 Å². The monoisotopic (exact) mass is 499 g/mol. The van der Waals surface area contributed by atoms with Crippen LogP contribution in [-0.4, -0.2) is 19.6 Å². The number of halogens is 6. The Labute approximate surface area is 194 Å². The molecule has 0 aromatic carbocycles. The van der Waals surface area contributed by atoms with E-state index in [0.717, 1.165) is 17.8 Å². The molecule has 0 saturated heterocycles. The van der Waals surface area contributed by atoms with Crippen molar-refractivity contribution >= 4 is 7.81 Å². The Morgan fingerprint density at radius 1 is 0.500 bits per heavy atom. The molecule has 0 aliphatic carbocycles. The van der Waals surface area contributed by atoms with Crippen molar-refractivity contribution in [3.05, 3.63) is 0 Å². The van der Waals surface area contributed by atoms with Gasteiger partial charge in [-0.1, -0.05) is 80.1 Å². The quantitative estimate of drug-likeness (QED) is 0.141. The summed E-state index contributed by atoms with van der Waals surface area (Å²) in [5, 5.41) is 0. The van der Waals surface area contributed by atoms with Gasteiger partial charge in [0.25, 0.3) is 0 Å². The normalized spacial score (nSPS) is 18.0. The Hall–Kier alpha value is -0.0300. The zero-order valence-corrected chi connectivity index (χ0v) is 22.4. The molecule has 0 spiro atoms. The summed E-state index contributed by atoms with van der Waals surface area (Å²) < 4.78 is 59.2. The number of hydrogen-bond donors (Lipinski definition) is 1. The molecule has 1 N–H and O–H groups in total. The third-order valence-electron chi connectivity index (χ3n) is 6.36. The van der Waals surface area contributed by atoms with Crippen molar-refractivity contribution in [1.82, 2.24) is 0 Å². The Morgan fingerprint density at radius 2 is 0.719 bits per heavy atom. The summed E-state index contributed by atoms with van der Waals surface area (Å²) in [7, 11) is -10.7. The Kier molecular flexibility index (Phi) is 16.8. The van der Waals surface area contributed by atoms with Gasteiger partial charge in [-0.2, -0.15) is 0 Å². The molecule has 0 amide bonds. The zero-order valence-electron chi connectivity index (χ0n) is 21.6. The van der Waals surface area contributed by atoms with Crippen molar-refractivity contribution in [1.29, 1.82) is 0 Å². The number of quaternary nitrogens is 1. The van der Waals surface area contributed by atoms with E-state index in [1.807, 2.05) is 4.90 Å². The van der Waals surface area contributed by atoms with Crippen LogP contribution in [0.25, 0.3) is 0 Å². The molecule has 0 aromatic heterocycles. The second-order valence-corrected chi connectivity index (χ2v) is 11.5. The van der Waals surface area contributed by atoms with E-state index >= 15 is 0 Å². The van der Waals surface area contributed by atoms with E-state index in [1.54, 1.807) is 0 Å². The average molecular weight is 500 g/mol. The summed E-state index contributed by atoms with van der Waals surface area (Å²) in [4.78, 5) is 1.94. The van der Waals surface area contributed by atoms with Crippen LogP contribution in [0, 0.1) is 17.8 Å². The molecule has 0 fully saturated rings. The van der Waals surface area contributed by atoms with Crippen LogP contribution in [0.5, 0.6) is 0 Å². The first-order valence-corrected chi connectivity index (χ1v) is 15.0. The SMILES string of the molecule is CCCCC(CC)C[NH+](CC(CC)CCCC)CC(CC)CCCC.F[P-](F)(F)(F)(F)F. The molecule has 0 aliphatic heterocycles. The first-order chi connectivity index (χ1) is 14.6. The van der Waals surface area contributed by atoms with E-state index in [0.29, 0.717) is 0 Å². The van der Waals surface area contributed by atoms with Crippen LogP contribution >= 0.6 is 7.81 Å². The number of unbranched alkanes of at least 4 members (excludes halogenated alkanes) is 3. The number of hydrogen-bond acceptors (Lipinski definition) is 0. The maximum atomic E-state index is 9.87. The second-order valence-electron chi connectivity index (χ2n) is 9.57. The average Bonchev–Trinajstić information content (AvgIpc) is 2.68. The van der Waals surface area contributed by atoms with Gasteiger partial charge in [-0.15, -0.1) is 0 Å². The Bertz CT molecular complexity index is 386. The fourth-order valence-corrected chi connectivity index (χ4v) is 4.30. The number of rotatable bonds is 18. The molecule has 1 nitrogen and oxygen atoms in total. The van der Waals surface area contributed by atoms with E-state index in [1.165, 1.54) is 96.7 Å².